The van der Waals surface area contributed by atoms with Gasteiger partial charge in [-0.15, -0.1) is 0 Å². The number of carbonyl (C=O) groups excluding carboxylic acids is 1. The molecule has 0 saturated heterocycles. The van der Waals surface area contributed by atoms with Crippen molar-refractivity contribution in [2.24, 2.45) is 11.1 Å². The summed E-state index contributed by atoms with van der Waals surface area (Å²) in [7, 11) is 0. The van der Waals surface area contributed by atoms with Crippen LogP contribution in [-0.2, 0) is 4.79 Å². The largest absolute Gasteiger partial charge is 0.392 e. The van der Waals surface area contributed by atoms with Gasteiger partial charge in [-0.05, 0) is 49.9 Å². The molecule has 0 bridgehead atoms. The first kappa shape index (κ1) is 14.0. The zero-order valence-corrected chi connectivity index (χ0v) is 12.3. The van der Waals surface area contributed by atoms with Gasteiger partial charge in [0.1, 0.15) is 0 Å². The van der Waals surface area contributed by atoms with Gasteiger partial charge in [0.15, 0.2) is 0 Å². The Labute approximate surface area is 119 Å². The fourth-order valence-electron chi connectivity index (χ4n) is 2.86. The van der Waals surface area contributed by atoms with Gasteiger partial charge in [0.25, 0.3) is 0 Å². The lowest BCUT2D eigenvalue weighted by Crippen LogP contribution is -2.43. The second-order valence-corrected chi connectivity index (χ2v) is 5.92. The summed E-state index contributed by atoms with van der Waals surface area (Å²) in [5.74, 6) is -0.0532. The molecule has 1 amide bonds. The molecule has 0 aromatic heterocycles. The van der Waals surface area contributed by atoms with E-state index in [1.165, 1.54) is 0 Å². The Hall–Kier alpha value is -1.42. The molecule has 4 heteroatoms. The molecule has 1 aliphatic rings. The molecule has 1 aliphatic carbocycles. The molecule has 0 aliphatic heterocycles. The monoisotopic (exact) mass is 276 g/mol. The molecule has 1 aromatic rings. The van der Waals surface area contributed by atoms with Crippen LogP contribution < -0.4 is 11.1 Å². The number of benzene rings is 1. The Morgan fingerprint density at radius 2 is 1.74 bits per heavy atom. The number of carbonyl (C=O) groups is 1. The molecule has 0 radical (unpaired) electrons. The lowest BCUT2D eigenvalue weighted by atomic mass is 9.85. The van der Waals surface area contributed by atoms with Crippen LogP contribution in [0.2, 0.25) is 0 Å². The van der Waals surface area contributed by atoms with Crippen molar-refractivity contribution >= 4 is 28.8 Å². The van der Waals surface area contributed by atoms with E-state index in [4.69, 9.17) is 18.0 Å². The normalized spacial score (nSPS) is 17.2. The van der Waals surface area contributed by atoms with E-state index in [2.05, 4.69) is 11.4 Å². The first-order valence-electron chi connectivity index (χ1n) is 6.64. The molecule has 0 spiro atoms. The summed E-state index contributed by atoms with van der Waals surface area (Å²) in [6, 6.07) is 6.01. The van der Waals surface area contributed by atoms with Crippen LogP contribution in [0.4, 0.5) is 5.69 Å². The highest BCUT2D eigenvalue weighted by Crippen LogP contribution is 2.39. The van der Waals surface area contributed by atoms with E-state index in [1.807, 2.05) is 26.0 Å². The van der Waals surface area contributed by atoms with Crippen molar-refractivity contribution in [3.05, 3.63) is 29.3 Å². The Morgan fingerprint density at radius 1 is 1.21 bits per heavy atom. The van der Waals surface area contributed by atoms with Gasteiger partial charge in [0, 0.05) is 5.69 Å². The first-order chi connectivity index (χ1) is 8.94. The van der Waals surface area contributed by atoms with Crippen LogP contribution in [0.1, 0.15) is 36.8 Å². The van der Waals surface area contributed by atoms with Gasteiger partial charge in [-0.3, -0.25) is 4.79 Å². The standard InChI is InChI=1S/C15H20N2OS/c1-10-7-11(2)9-12(8-10)17-14(18)15(13(16)19)5-3-4-6-15/h7-9H,3-6H2,1-2H3,(H2,16,19)(H,17,18). The number of hydrogen-bond acceptors (Lipinski definition) is 2. The Balaban J connectivity index is 2.22. The van der Waals surface area contributed by atoms with Gasteiger partial charge in [-0.1, -0.05) is 31.1 Å². The highest BCUT2D eigenvalue weighted by atomic mass is 32.1. The molecule has 19 heavy (non-hydrogen) atoms. The maximum Gasteiger partial charge on any atom is 0.237 e. The van der Waals surface area contributed by atoms with E-state index in [0.717, 1.165) is 42.5 Å². The van der Waals surface area contributed by atoms with Crippen LogP contribution in [0.15, 0.2) is 18.2 Å². The summed E-state index contributed by atoms with van der Waals surface area (Å²) in [6.07, 6.45) is 3.55. The molecule has 3 N–H and O–H groups in total. The SMILES string of the molecule is Cc1cc(C)cc(NC(=O)C2(C(N)=S)CCCC2)c1. The molecule has 1 fully saturated rings. The van der Waals surface area contributed by atoms with Gasteiger partial charge < -0.3 is 11.1 Å². The van der Waals surface area contributed by atoms with E-state index in [9.17, 15) is 4.79 Å². The lowest BCUT2D eigenvalue weighted by Gasteiger charge is -2.26. The van der Waals surface area contributed by atoms with E-state index in [-0.39, 0.29) is 5.91 Å². The average Bonchev–Trinajstić information content (AvgIpc) is 2.77. The van der Waals surface area contributed by atoms with Crippen LogP contribution in [-0.4, -0.2) is 10.9 Å². The van der Waals surface area contributed by atoms with Crippen LogP contribution >= 0.6 is 12.2 Å². The third-order valence-electron chi connectivity index (χ3n) is 3.84. The van der Waals surface area contributed by atoms with E-state index >= 15 is 0 Å². The highest BCUT2D eigenvalue weighted by molar-refractivity contribution is 7.80. The minimum absolute atomic E-state index is 0.0532. The average molecular weight is 276 g/mol. The van der Waals surface area contributed by atoms with Gasteiger partial charge in [0.05, 0.1) is 10.4 Å². The third kappa shape index (κ3) is 2.78. The number of hydrogen-bond donors (Lipinski definition) is 2. The fraction of sp³-hybridized carbons (Fsp3) is 0.467. The predicted molar refractivity (Wildman–Crippen MR) is 82.2 cm³/mol. The van der Waals surface area contributed by atoms with Crippen LogP contribution in [0.3, 0.4) is 0 Å². The molecule has 102 valence electrons. The van der Waals surface area contributed by atoms with Crippen LogP contribution in [0, 0.1) is 19.3 Å². The van der Waals surface area contributed by atoms with Crippen molar-refractivity contribution in [2.75, 3.05) is 5.32 Å². The van der Waals surface area contributed by atoms with Gasteiger partial charge in [0.2, 0.25) is 5.91 Å². The summed E-state index contributed by atoms with van der Waals surface area (Å²) in [4.78, 5) is 12.8. The first-order valence-corrected chi connectivity index (χ1v) is 7.04. The summed E-state index contributed by atoms with van der Waals surface area (Å²) >= 11 is 5.13. The molecule has 2 rings (SSSR count). The molecule has 3 nitrogen and oxygen atoms in total. The molecular formula is C15H20N2OS. The number of thiocarbonyl (C=S) groups is 1. The minimum Gasteiger partial charge on any atom is -0.392 e. The molecule has 1 saturated carbocycles. The van der Waals surface area contributed by atoms with E-state index < -0.39 is 5.41 Å². The van der Waals surface area contributed by atoms with Crippen LogP contribution in [0.25, 0.3) is 0 Å². The maximum absolute atomic E-state index is 12.5. The lowest BCUT2D eigenvalue weighted by molar-refractivity contribution is -0.122. The van der Waals surface area contributed by atoms with Crippen molar-refractivity contribution in [3.8, 4) is 0 Å². The number of rotatable bonds is 3. The topological polar surface area (TPSA) is 55.1 Å². The van der Waals surface area contributed by atoms with Crippen molar-refractivity contribution in [1.29, 1.82) is 0 Å². The zero-order valence-electron chi connectivity index (χ0n) is 11.5. The number of nitrogens with two attached hydrogens (primary N) is 1. The Bertz CT molecular complexity index is 499. The summed E-state index contributed by atoms with van der Waals surface area (Å²) in [5.41, 5.74) is 8.26. The molecule has 1 aromatic carbocycles. The number of nitrogens with one attached hydrogen (secondary N) is 1. The maximum atomic E-state index is 12.5. The second-order valence-electron chi connectivity index (χ2n) is 5.48. The van der Waals surface area contributed by atoms with Crippen LogP contribution in [0.5, 0.6) is 0 Å². The minimum atomic E-state index is -0.646. The van der Waals surface area contributed by atoms with Crippen molar-refractivity contribution in [2.45, 2.75) is 39.5 Å². The van der Waals surface area contributed by atoms with E-state index in [0.29, 0.717) is 4.99 Å². The molecule has 0 atom stereocenters. The Kier molecular flexibility index (Phi) is 3.90. The fourth-order valence-corrected chi connectivity index (χ4v) is 3.16. The molecule has 0 heterocycles. The van der Waals surface area contributed by atoms with Gasteiger partial charge >= 0.3 is 0 Å². The smallest absolute Gasteiger partial charge is 0.237 e. The van der Waals surface area contributed by atoms with Crippen molar-refractivity contribution in [1.82, 2.24) is 0 Å². The zero-order chi connectivity index (χ0) is 14.0. The summed E-state index contributed by atoms with van der Waals surface area (Å²) < 4.78 is 0. The summed E-state index contributed by atoms with van der Waals surface area (Å²) in [5, 5.41) is 2.98. The molecule has 0 unspecified atom stereocenters. The number of aryl methyl sites for hydroxylation is 2. The Morgan fingerprint density at radius 3 is 2.21 bits per heavy atom. The number of amides is 1. The van der Waals surface area contributed by atoms with Crippen molar-refractivity contribution < 1.29 is 4.79 Å². The predicted octanol–water partition coefficient (Wildman–Crippen LogP) is 3.09. The van der Waals surface area contributed by atoms with Gasteiger partial charge in [-0.25, -0.2) is 0 Å². The quantitative estimate of drug-likeness (QED) is 0.834. The summed E-state index contributed by atoms with van der Waals surface area (Å²) in [6.45, 7) is 4.03. The van der Waals surface area contributed by atoms with Crippen molar-refractivity contribution in [3.63, 3.8) is 0 Å². The second kappa shape index (κ2) is 5.29. The number of anilines is 1. The molecular weight excluding hydrogens is 256 g/mol. The van der Waals surface area contributed by atoms with Gasteiger partial charge in [-0.2, -0.15) is 0 Å². The third-order valence-corrected chi connectivity index (χ3v) is 4.23. The highest BCUT2D eigenvalue weighted by Gasteiger charge is 2.43. The van der Waals surface area contributed by atoms with E-state index in [1.54, 1.807) is 0 Å².